The number of hydrogen-bond acceptors (Lipinski definition) is 4. The summed E-state index contributed by atoms with van der Waals surface area (Å²) in [7, 11) is 1.97. The first kappa shape index (κ1) is 13.2. The topological polar surface area (TPSA) is 50.3 Å². The predicted molar refractivity (Wildman–Crippen MR) is 75.8 cm³/mol. The van der Waals surface area contributed by atoms with E-state index in [0.717, 1.165) is 49.3 Å². The van der Waals surface area contributed by atoms with E-state index in [9.17, 15) is 0 Å². The lowest BCUT2D eigenvalue weighted by molar-refractivity contribution is 0.230. The van der Waals surface area contributed by atoms with Gasteiger partial charge in [-0.2, -0.15) is 5.10 Å². The molecular weight excluding hydrogens is 226 g/mol. The number of nitrogen functional groups attached to an aromatic ring is 1. The average Bonchev–Trinajstić information content (AvgIpc) is 2.54. The third-order valence-corrected chi connectivity index (χ3v) is 3.53. The van der Waals surface area contributed by atoms with Crippen LogP contribution in [0.15, 0.2) is 0 Å². The third-order valence-electron chi connectivity index (χ3n) is 3.53. The van der Waals surface area contributed by atoms with Crippen molar-refractivity contribution in [2.24, 2.45) is 13.0 Å². The number of piperazine rings is 1. The Labute approximate surface area is 110 Å². The number of aryl methyl sites for hydroxylation is 2. The molecule has 2 rings (SSSR count). The van der Waals surface area contributed by atoms with Crippen LogP contribution in [0.5, 0.6) is 0 Å². The average molecular weight is 251 g/mol. The van der Waals surface area contributed by atoms with Gasteiger partial charge in [-0.25, -0.2) is 0 Å². The Morgan fingerprint density at radius 2 is 1.83 bits per heavy atom. The van der Waals surface area contributed by atoms with Crippen molar-refractivity contribution in [3.63, 3.8) is 0 Å². The van der Waals surface area contributed by atoms with Crippen LogP contribution >= 0.6 is 0 Å². The van der Waals surface area contributed by atoms with Gasteiger partial charge in [-0.15, -0.1) is 0 Å². The number of nitrogens with two attached hydrogens (primary N) is 1. The van der Waals surface area contributed by atoms with Gasteiger partial charge in [0.15, 0.2) is 0 Å². The van der Waals surface area contributed by atoms with Crippen LogP contribution in [-0.2, 0) is 7.05 Å². The molecule has 0 bridgehead atoms. The predicted octanol–water partition coefficient (Wildman–Crippen LogP) is 1.09. The molecule has 1 fully saturated rings. The van der Waals surface area contributed by atoms with Crippen LogP contribution in [0.3, 0.4) is 0 Å². The van der Waals surface area contributed by atoms with E-state index in [0.29, 0.717) is 0 Å². The van der Waals surface area contributed by atoms with Gasteiger partial charge in [0.1, 0.15) is 5.82 Å². The van der Waals surface area contributed by atoms with Crippen molar-refractivity contribution in [1.82, 2.24) is 14.7 Å². The van der Waals surface area contributed by atoms with Crippen molar-refractivity contribution in [2.45, 2.75) is 20.8 Å². The zero-order valence-electron chi connectivity index (χ0n) is 12.0. The normalized spacial score (nSPS) is 17.7. The van der Waals surface area contributed by atoms with Crippen LogP contribution in [0.2, 0.25) is 0 Å². The van der Waals surface area contributed by atoms with Gasteiger partial charge in [0.25, 0.3) is 0 Å². The molecule has 0 saturated carbocycles. The quantitative estimate of drug-likeness (QED) is 0.873. The summed E-state index contributed by atoms with van der Waals surface area (Å²) < 4.78 is 1.91. The SMILES string of the molecule is Cc1nn(C)c(N2CCN(CC(C)C)CC2)c1N. The second-order valence-corrected chi connectivity index (χ2v) is 5.63. The third kappa shape index (κ3) is 2.61. The van der Waals surface area contributed by atoms with E-state index in [1.165, 1.54) is 6.54 Å². The molecule has 2 heterocycles. The van der Waals surface area contributed by atoms with Gasteiger partial charge >= 0.3 is 0 Å². The highest BCUT2D eigenvalue weighted by atomic mass is 15.4. The van der Waals surface area contributed by atoms with Crippen LogP contribution in [0.1, 0.15) is 19.5 Å². The Balaban J connectivity index is 2.01. The van der Waals surface area contributed by atoms with Crippen LogP contribution in [0.4, 0.5) is 11.5 Å². The van der Waals surface area contributed by atoms with Crippen molar-refractivity contribution in [2.75, 3.05) is 43.4 Å². The van der Waals surface area contributed by atoms with Crippen molar-refractivity contribution < 1.29 is 0 Å². The molecular formula is C13H25N5. The maximum atomic E-state index is 6.11. The number of nitrogens with zero attached hydrogens (tertiary/aromatic N) is 4. The lowest BCUT2D eigenvalue weighted by Crippen LogP contribution is -2.48. The molecule has 5 nitrogen and oxygen atoms in total. The van der Waals surface area contributed by atoms with Crippen molar-refractivity contribution in [3.05, 3.63) is 5.69 Å². The molecule has 5 heteroatoms. The van der Waals surface area contributed by atoms with Crippen LogP contribution in [0, 0.1) is 12.8 Å². The standard InChI is InChI=1S/C13H25N5/c1-10(2)9-17-5-7-18(8-6-17)13-12(14)11(3)15-16(13)4/h10H,5-9,14H2,1-4H3. The van der Waals surface area contributed by atoms with E-state index in [1.807, 2.05) is 18.7 Å². The molecule has 18 heavy (non-hydrogen) atoms. The number of aromatic nitrogens is 2. The highest BCUT2D eigenvalue weighted by molar-refractivity contribution is 5.66. The van der Waals surface area contributed by atoms with Gasteiger partial charge in [0, 0.05) is 39.8 Å². The summed E-state index contributed by atoms with van der Waals surface area (Å²) in [6, 6.07) is 0. The summed E-state index contributed by atoms with van der Waals surface area (Å²) in [6.07, 6.45) is 0. The van der Waals surface area contributed by atoms with Crippen molar-refractivity contribution in [3.8, 4) is 0 Å². The second kappa shape index (κ2) is 5.18. The Bertz CT molecular complexity index is 402. The summed E-state index contributed by atoms with van der Waals surface area (Å²) in [4.78, 5) is 4.88. The molecule has 1 aromatic heterocycles. The first-order chi connectivity index (χ1) is 8.49. The summed E-state index contributed by atoms with van der Waals surface area (Å²) in [5, 5.41) is 4.39. The van der Waals surface area contributed by atoms with Crippen LogP contribution in [0.25, 0.3) is 0 Å². The molecule has 2 N–H and O–H groups in total. The molecule has 0 spiro atoms. The molecule has 1 saturated heterocycles. The van der Waals surface area contributed by atoms with Gasteiger partial charge in [-0.05, 0) is 12.8 Å². The molecule has 0 atom stereocenters. The van der Waals surface area contributed by atoms with Gasteiger partial charge in [-0.1, -0.05) is 13.8 Å². The van der Waals surface area contributed by atoms with E-state index in [-0.39, 0.29) is 0 Å². The molecule has 1 aromatic rings. The minimum absolute atomic E-state index is 0.737. The van der Waals surface area contributed by atoms with E-state index in [1.54, 1.807) is 0 Å². The Hall–Kier alpha value is -1.23. The maximum Gasteiger partial charge on any atom is 0.150 e. The minimum atomic E-state index is 0.737. The smallest absolute Gasteiger partial charge is 0.150 e. The Morgan fingerprint density at radius 3 is 2.28 bits per heavy atom. The number of anilines is 2. The van der Waals surface area contributed by atoms with Gasteiger partial charge in [0.2, 0.25) is 0 Å². The minimum Gasteiger partial charge on any atom is -0.394 e. The fourth-order valence-corrected chi connectivity index (χ4v) is 2.70. The molecule has 1 aliphatic rings. The Kier molecular flexibility index (Phi) is 3.80. The lowest BCUT2D eigenvalue weighted by atomic mass is 10.2. The zero-order valence-corrected chi connectivity index (χ0v) is 12.0. The summed E-state index contributed by atoms with van der Waals surface area (Å²) in [5.74, 6) is 1.82. The first-order valence-electron chi connectivity index (χ1n) is 6.75. The zero-order chi connectivity index (χ0) is 13.3. The first-order valence-corrected chi connectivity index (χ1v) is 6.75. The number of hydrogen-bond donors (Lipinski definition) is 1. The largest absolute Gasteiger partial charge is 0.394 e. The van der Waals surface area contributed by atoms with E-state index < -0.39 is 0 Å². The van der Waals surface area contributed by atoms with E-state index >= 15 is 0 Å². The van der Waals surface area contributed by atoms with Crippen LogP contribution in [-0.4, -0.2) is 47.4 Å². The lowest BCUT2D eigenvalue weighted by Gasteiger charge is -2.36. The Morgan fingerprint density at radius 1 is 1.22 bits per heavy atom. The fraction of sp³-hybridized carbons (Fsp3) is 0.769. The highest BCUT2D eigenvalue weighted by Gasteiger charge is 2.22. The molecule has 1 aliphatic heterocycles. The molecule has 102 valence electrons. The van der Waals surface area contributed by atoms with Crippen molar-refractivity contribution in [1.29, 1.82) is 0 Å². The summed E-state index contributed by atoms with van der Waals surface area (Å²) in [6.45, 7) is 12.0. The summed E-state index contributed by atoms with van der Waals surface area (Å²) in [5.41, 5.74) is 7.87. The maximum absolute atomic E-state index is 6.11. The second-order valence-electron chi connectivity index (χ2n) is 5.63. The van der Waals surface area contributed by atoms with Gasteiger partial charge in [-0.3, -0.25) is 9.58 Å². The highest BCUT2D eigenvalue weighted by Crippen LogP contribution is 2.26. The molecule has 0 aliphatic carbocycles. The van der Waals surface area contributed by atoms with Gasteiger partial charge in [0.05, 0.1) is 11.4 Å². The van der Waals surface area contributed by atoms with Crippen molar-refractivity contribution >= 4 is 11.5 Å². The fourth-order valence-electron chi connectivity index (χ4n) is 2.70. The van der Waals surface area contributed by atoms with E-state index in [4.69, 9.17) is 5.73 Å². The molecule has 0 radical (unpaired) electrons. The van der Waals surface area contributed by atoms with Crippen LogP contribution < -0.4 is 10.6 Å². The number of rotatable bonds is 3. The summed E-state index contributed by atoms with van der Waals surface area (Å²) >= 11 is 0. The molecule has 0 aromatic carbocycles. The van der Waals surface area contributed by atoms with E-state index in [2.05, 4.69) is 28.7 Å². The monoisotopic (exact) mass is 251 g/mol. The van der Waals surface area contributed by atoms with Gasteiger partial charge < -0.3 is 10.6 Å². The molecule has 0 amide bonds. The molecule has 0 unspecified atom stereocenters.